The third kappa shape index (κ3) is 3.20. The third-order valence-electron chi connectivity index (χ3n) is 2.83. The maximum Gasteiger partial charge on any atom is 0.0598 e. The maximum absolute atomic E-state index is 6.07. The lowest BCUT2D eigenvalue weighted by atomic mass is 9.97. The van der Waals surface area contributed by atoms with Crippen LogP contribution in [0.4, 0.5) is 0 Å². The number of halogens is 3. The van der Waals surface area contributed by atoms with E-state index >= 15 is 0 Å². The number of aryl methyl sites for hydroxylation is 1. The first-order valence-electron chi connectivity index (χ1n) is 5.81. The third-order valence-corrected chi connectivity index (χ3v) is 3.83. The minimum absolute atomic E-state index is 0.582. The molecule has 0 saturated carbocycles. The van der Waals surface area contributed by atoms with Gasteiger partial charge in [0, 0.05) is 5.88 Å². The van der Waals surface area contributed by atoms with Crippen LogP contribution < -0.4 is 0 Å². The van der Waals surface area contributed by atoms with Gasteiger partial charge < -0.3 is 0 Å². The molecule has 0 unspecified atom stereocenters. The highest BCUT2D eigenvalue weighted by Gasteiger charge is 2.06. The number of alkyl halides is 1. The molecule has 0 amide bonds. The summed E-state index contributed by atoms with van der Waals surface area (Å²) >= 11 is 17.8. The molecule has 94 valence electrons. The van der Waals surface area contributed by atoms with Crippen molar-refractivity contribution in [1.29, 1.82) is 0 Å². The molecule has 3 heteroatoms. The second-order valence-corrected chi connectivity index (χ2v) is 5.27. The molecule has 0 nitrogen and oxygen atoms in total. The molecule has 2 aromatic carbocycles. The summed E-state index contributed by atoms with van der Waals surface area (Å²) in [5, 5.41) is 1.17. The zero-order chi connectivity index (χ0) is 13.0. The highest BCUT2D eigenvalue weighted by molar-refractivity contribution is 6.42. The quantitative estimate of drug-likeness (QED) is 0.623. The van der Waals surface area contributed by atoms with Gasteiger partial charge in [-0.1, -0.05) is 53.5 Å². The SMILES string of the molecule is ClCCCc1ccccc1-c1ccc(Cl)c(Cl)c1. The molecule has 2 aromatic rings. The van der Waals surface area contributed by atoms with Crippen LogP contribution in [0.25, 0.3) is 11.1 Å². The van der Waals surface area contributed by atoms with Crippen molar-refractivity contribution in [2.75, 3.05) is 5.88 Å². The van der Waals surface area contributed by atoms with E-state index in [-0.39, 0.29) is 0 Å². The first-order chi connectivity index (χ1) is 8.72. The Labute approximate surface area is 122 Å². The normalized spacial score (nSPS) is 10.6. The Morgan fingerprint density at radius 1 is 0.889 bits per heavy atom. The zero-order valence-corrected chi connectivity index (χ0v) is 12.1. The van der Waals surface area contributed by atoms with Crippen LogP contribution >= 0.6 is 34.8 Å². The Balaban J connectivity index is 2.39. The summed E-state index contributed by atoms with van der Waals surface area (Å²) in [6, 6.07) is 14.0. The molecule has 0 aliphatic heterocycles. The van der Waals surface area contributed by atoms with Gasteiger partial charge in [0.1, 0.15) is 0 Å². The Morgan fingerprint density at radius 2 is 1.67 bits per heavy atom. The van der Waals surface area contributed by atoms with E-state index in [4.69, 9.17) is 34.8 Å². The van der Waals surface area contributed by atoms with E-state index in [1.54, 1.807) is 0 Å². The van der Waals surface area contributed by atoms with Crippen LogP contribution in [0.3, 0.4) is 0 Å². The first-order valence-corrected chi connectivity index (χ1v) is 7.10. The average Bonchev–Trinajstić information content (AvgIpc) is 2.40. The lowest BCUT2D eigenvalue weighted by Crippen LogP contribution is -1.91. The van der Waals surface area contributed by atoms with Crippen LogP contribution in [0.1, 0.15) is 12.0 Å². The van der Waals surface area contributed by atoms with Gasteiger partial charge in [0.15, 0.2) is 0 Å². The van der Waals surface area contributed by atoms with Crippen LogP contribution in [-0.4, -0.2) is 5.88 Å². The van der Waals surface area contributed by atoms with Crippen LogP contribution in [-0.2, 0) is 6.42 Å². The van der Waals surface area contributed by atoms with Gasteiger partial charge in [0.2, 0.25) is 0 Å². The number of hydrogen-bond donors (Lipinski definition) is 0. The van der Waals surface area contributed by atoms with Crippen molar-refractivity contribution in [2.45, 2.75) is 12.8 Å². The fourth-order valence-corrected chi connectivity index (χ4v) is 2.37. The summed E-state index contributed by atoms with van der Waals surface area (Å²) in [7, 11) is 0. The lowest BCUT2D eigenvalue weighted by molar-refractivity contribution is 0.930. The van der Waals surface area contributed by atoms with Crippen molar-refractivity contribution in [3.63, 3.8) is 0 Å². The molecular weight excluding hydrogens is 287 g/mol. The molecule has 0 aliphatic carbocycles. The zero-order valence-electron chi connectivity index (χ0n) is 9.80. The topological polar surface area (TPSA) is 0 Å². The molecule has 0 bridgehead atoms. The molecule has 0 aliphatic rings. The average molecular weight is 300 g/mol. The van der Waals surface area contributed by atoms with Gasteiger partial charge in [-0.3, -0.25) is 0 Å². The van der Waals surface area contributed by atoms with Crippen molar-refractivity contribution >= 4 is 34.8 Å². The maximum atomic E-state index is 6.07. The van der Waals surface area contributed by atoms with Gasteiger partial charge in [-0.2, -0.15) is 0 Å². The van der Waals surface area contributed by atoms with E-state index in [9.17, 15) is 0 Å². The molecule has 0 fully saturated rings. The molecule has 2 rings (SSSR count). The Morgan fingerprint density at radius 3 is 2.39 bits per heavy atom. The van der Waals surface area contributed by atoms with E-state index in [1.165, 1.54) is 11.1 Å². The minimum Gasteiger partial charge on any atom is -0.127 e. The van der Waals surface area contributed by atoms with E-state index in [0.717, 1.165) is 18.4 Å². The summed E-state index contributed by atoms with van der Waals surface area (Å²) in [6.45, 7) is 0. The first kappa shape index (κ1) is 13.7. The molecule has 0 heterocycles. The smallest absolute Gasteiger partial charge is 0.0598 e. The number of rotatable bonds is 4. The van der Waals surface area contributed by atoms with E-state index in [0.29, 0.717) is 15.9 Å². The van der Waals surface area contributed by atoms with Gasteiger partial charge in [-0.15, -0.1) is 11.6 Å². The Hall–Kier alpha value is -0.690. The highest BCUT2D eigenvalue weighted by Crippen LogP contribution is 2.30. The molecular formula is C15H13Cl3. The predicted octanol–water partition coefficient (Wildman–Crippen LogP) is 5.83. The van der Waals surface area contributed by atoms with Crippen LogP contribution in [0.2, 0.25) is 10.0 Å². The Bertz CT molecular complexity index is 535. The molecule has 0 radical (unpaired) electrons. The molecule has 0 spiro atoms. The van der Waals surface area contributed by atoms with Crippen LogP contribution in [0.5, 0.6) is 0 Å². The lowest BCUT2D eigenvalue weighted by Gasteiger charge is -2.10. The summed E-state index contributed by atoms with van der Waals surface area (Å²) in [5.41, 5.74) is 3.58. The molecule has 0 atom stereocenters. The largest absolute Gasteiger partial charge is 0.127 e. The van der Waals surface area contributed by atoms with Gasteiger partial charge >= 0.3 is 0 Å². The highest BCUT2D eigenvalue weighted by atomic mass is 35.5. The van der Waals surface area contributed by atoms with Gasteiger partial charge in [-0.05, 0) is 41.7 Å². The monoisotopic (exact) mass is 298 g/mol. The summed E-state index contributed by atoms with van der Waals surface area (Å²) in [5.74, 6) is 0.676. The van der Waals surface area contributed by atoms with Crippen molar-refractivity contribution < 1.29 is 0 Å². The second kappa shape index (κ2) is 6.47. The van der Waals surface area contributed by atoms with E-state index in [1.807, 2.05) is 30.3 Å². The number of benzene rings is 2. The van der Waals surface area contributed by atoms with Crippen molar-refractivity contribution in [1.82, 2.24) is 0 Å². The molecule has 18 heavy (non-hydrogen) atoms. The number of hydrogen-bond acceptors (Lipinski definition) is 0. The fraction of sp³-hybridized carbons (Fsp3) is 0.200. The van der Waals surface area contributed by atoms with Gasteiger partial charge in [0.05, 0.1) is 10.0 Å². The molecule has 0 aromatic heterocycles. The minimum atomic E-state index is 0.582. The summed E-state index contributed by atoms with van der Waals surface area (Å²) < 4.78 is 0. The van der Waals surface area contributed by atoms with Gasteiger partial charge in [0.25, 0.3) is 0 Å². The van der Waals surface area contributed by atoms with E-state index < -0.39 is 0 Å². The molecule has 0 saturated heterocycles. The summed E-state index contributed by atoms with van der Waals surface area (Å²) in [6.07, 6.45) is 1.94. The van der Waals surface area contributed by atoms with Crippen LogP contribution in [0, 0.1) is 0 Å². The van der Waals surface area contributed by atoms with Crippen molar-refractivity contribution in [3.05, 3.63) is 58.1 Å². The van der Waals surface area contributed by atoms with E-state index in [2.05, 4.69) is 12.1 Å². The standard InChI is InChI=1S/C15H13Cl3/c16-9-3-5-11-4-1-2-6-13(11)12-7-8-14(17)15(18)10-12/h1-2,4,6-8,10H,3,5,9H2. The summed E-state index contributed by atoms with van der Waals surface area (Å²) in [4.78, 5) is 0. The molecule has 0 N–H and O–H groups in total. The van der Waals surface area contributed by atoms with Crippen LogP contribution in [0.15, 0.2) is 42.5 Å². The Kier molecular flexibility index (Phi) is 4.94. The fourth-order valence-electron chi connectivity index (χ4n) is 1.94. The van der Waals surface area contributed by atoms with Crippen molar-refractivity contribution in [2.24, 2.45) is 0 Å². The second-order valence-electron chi connectivity index (χ2n) is 4.08. The van der Waals surface area contributed by atoms with Gasteiger partial charge in [-0.25, -0.2) is 0 Å². The van der Waals surface area contributed by atoms with Crippen molar-refractivity contribution in [3.8, 4) is 11.1 Å². The predicted molar refractivity (Wildman–Crippen MR) is 80.9 cm³/mol.